The van der Waals surface area contributed by atoms with E-state index < -0.39 is 54.3 Å². The number of carboxylic acid groups (broad SMARTS) is 1. The maximum atomic E-state index is 13.3. The van der Waals surface area contributed by atoms with Gasteiger partial charge in [0.05, 0.1) is 25.6 Å². The number of carbonyl (C=O) groups excluding carboxylic acids is 4. The van der Waals surface area contributed by atoms with Crippen LogP contribution >= 0.6 is 0 Å². The monoisotopic (exact) mass is 528 g/mol. The first kappa shape index (κ1) is 29.8. The lowest BCUT2D eigenvalue weighted by Crippen LogP contribution is -2.56. The van der Waals surface area contributed by atoms with E-state index in [0.717, 1.165) is 5.56 Å². The first-order valence-electron chi connectivity index (χ1n) is 12.1. The highest BCUT2D eigenvalue weighted by Crippen LogP contribution is 2.15. The molecule has 2 aromatic rings. The molecule has 0 aliphatic carbocycles. The molecule has 0 saturated carbocycles. The van der Waals surface area contributed by atoms with Crippen LogP contribution < -0.4 is 10.6 Å². The average molecular weight is 529 g/mol. The van der Waals surface area contributed by atoms with Crippen molar-refractivity contribution in [3.8, 4) is 0 Å². The van der Waals surface area contributed by atoms with Gasteiger partial charge in [0.1, 0.15) is 18.7 Å². The van der Waals surface area contributed by atoms with Crippen molar-refractivity contribution in [3.05, 3.63) is 71.8 Å². The SMILES string of the molecule is CCOC(=O)C[C@@H](C(=O)OCC)[C@@H](NC(=O)[C@H](Cc1ccccc1)NC(=O)OCc1ccccc1)C(=O)O. The van der Waals surface area contributed by atoms with Gasteiger partial charge in [-0.05, 0) is 25.0 Å². The van der Waals surface area contributed by atoms with E-state index in [1.165, 1.54) is 6.92 Å². The summed E-state index contributed by atoms with van der Waals surface area (Å²) in [5.41, 5.74) is 1.41. The van der Waals surface area contributed by atoms with E-state index in [4.69, 9.17) is 14.2 Å². The molecule has 11 nitrogen and oxygen atoms in total. The van der Waals surface area contributed by atoms with Crippen molar-refractivity contribution in [2.24, 2.45) is 5.92 Å². The fourth-order valence-electron chi connectivity index (χ4n) is 3.54. The van der Waals surface area contributed by atoms with Crippen molar-refractivity contribution in [3.63, 3.8) is 0 Å². The minimum atomic E-state index is -1.83. The Hall–Kier alpha value is -4.41. The van der Waals surface area contributed by atoms with Crippen LogP contribution in [-0.2, 0) is 46.4 Å². The molecule has 3 atom stereocenters. The quantitative estimate of drug-likeness (QED) is 0.247. The van der Waals surface area contributed by atoms with Crippen LogP contribution in [0.25, 0.3) is 0 Å². The summed E-state index contributed by atoms with van der Waals surface area (Å²) >= 11 is 0. The molecule has 0 aromatic heterocycles. The normalized spacial score (nSPS) is 12.8. The van der Waals surface area contributed by atoms with Crippen LogP contribution in [0, 0.1) is 5.92 Å². The van der Waals surface area contributed by atoms with Crippen molar-refractivity contribution in [1.29, 1.82) is 0 Å². The largest absolute Gasteiger partial charge is 0.480 e. The van der Waals surface area contributed by atoms with Gasteiger partial charge >= 0.3 is 24.0 Å². The second-order valence-electron chi connectivity index (χ2n) is 8.14. The summed E-state index contributed by atoms with van der Waals surface area (Å²) in [4.78, 5) is 62.5. The Bertz CT molecular complexity index is 1080. The first-order chi connectivity index (χ1) is 18.2. The highest BCUT2D eigenvalue weighted by atomic mass is 16.6. The summed E-state index contributed by atoms with van der Waals surface area (Å²) in [5, 5.41) is 14.6. The van der Waals surface area contributed by atoms with Gasteiger partial charge < -0.3 is 30.0 Å². The molecule has 2 aromatic carbocycles. The molecule has 0 radical (unpaired) electrons. The zero-order chi connectivity index (χ0) is 27.9. The number of hydrogen-bond acceptors (Lipinski definition) is 8. The van der Waals surface area contributed by atoms with Gasteiger partial charge in [-0.15, -0.1) is 0 Å². The second kappa shape index (κ2) is 15.6. The third-order valence-corrected chi connectivity index (χ3v) is 5.35. The van der Waals surface area contributed by atoms with E-state index in [1.54, 1.807) is 61.5 Å². The summed E-state index contributed by atoms with van der Waals surface area (Å²) in [7, 11) is 0. The minimum absolute atomic E-state index is 0.00139. The van der Waals surface area contributed by atoms with Crippen LogP contribution in [0.1, 0.15) is 31.4 Å². The molecule has 0 aliphatic rings. The van der Waals surface area contributed by atoms with E-state index in [9.17, 15) is 29.1 Å². The standard InChI is InChI=1S/C27H32N2O9/c1-3-36-22(30)16-20(26(34)37-4-2)23(25(32)33)29-24(31)21(15-18-11-7-5-8-12-18)28-27(35)38-17-19-13-9-6-10-14-19/h5-14,20-21,23H,3-4,15-17H2,1-2H3,(H,28,35)(H,29,31)(H,32,33)/t20-,21+,23-/m1/s1. The van der Waals surface area contributed by atoms with Crippen LogP contribution in [0.3, 0.4) is 0 Å². The average Bonchev–Trinajstić information content (AvgIpc) is 2.90. The van der Waals surface area contributed by atoms with Gasteiger partial charge in [-0.1, -0.05) is 60.7 Å². The van der Waals surface area contributed by atoms with Gasteiger partial charge in [-0.25, -0.2) is 9.59 Å². The van der Waals surface area contributed by atoms with Crippen LogP contribution in [0.5, 0.6) is 0 Å². The van der Waals surface area contributed by atoms with E-state index >= 15 is 0 Å². The molecule has 0 saturated heterocycles. The fraction of sp³-hybridized carbons (Fsp3) is 0.370. The molecule has 0 aliphatic heterocycles. The maximum Gasteiger partial charge on any atom is 0.408 e. The maximum absolute atomic E-state index is 13.3. The summed E-state index contributed by atoms with van der Waals surface area (Å²) in [6.07, 6.45) is -1.52. The number of hydrogen-bond donors (Lipinski definition) is 3. The van der Waals surface area contributed by atoms with E-state index in [-0.39, 0.29) is 26.2 Å². The molecule has 0 fully saturated rings. The Labute approximate surface area is 220 Å². The number of amides is 2. The lowest BCUT2D eigenvalue weighted by atomic mass is 9.95. The third kappa shape index (κ3) is 9.92. The number of rotatable bonds is 14. The molecular formula is C27H32N2O9. The van der Waals surface area contributed by atoms with Gasteiger partial charge in [0.25, 0.3) is 0 Å². The molecule has 2 amide bonds. The van der Waals surface area contributed by atoms with E-state index in [1.807, 2.05) is 6.07 Å². The molecule has 3 N–H and O–H groups in total. The fourth-order valence-corrected chi connectivity index (χ4v) is 3.54. The number of alkyl carbamates (subject to hydrolysis) is 1. The van der Waals surface area contributed by atoms with E-state index in [0.29, 0.717) is 5.56 Å². The molecule has 204 valence electrons. The van der Waals surface area contributed by atoms with Gasteiger partial charge in [0.15, 0.2) is 0 Å². The minimum Gasteiger partial charge on any atom is -0.480 e. The zero-order valence-corrected chi connectivity index (χ0v) is 21.3. The number of carbonyl (C=O) groups is 5. The molecule has 11 heteroatoms. The Kier molecular flexibility index (Phi) is 12.3. The number of ether oxygens (including phenoxy) is 3. The number of esters is 2. The first-order valence-corrected chi connectivity index (χ1v) is 12.1. The summed E-state index contributed by atoms with van der Waals surface area (Å²) in [6, 6.07) is 14.5. The third-order valence-electron chi connectivity index (χ3n) is 5.35. The van der Waals surface area contributed by atoms with Crippen molar-refractivity contribution < 1.29 is 43.3 Å². The van der Waals surface area contributed by atoms with Gasteiger partial charge in [-0.2, -0.15) is 0 Å². The lowest BCUT2D eigenvalue weighted by Gasteiger charge is -2.25. The van der Waals surface area contributed by atoms with Crippen LogP contribution in [0.2, 0.25) is 0 Å². The Morgan fingerprint density at radius 3 is 1.92 bits per heavy atom. The van der Waals surface area contributed by atoms with Crippen molar-refractivity contribution in [1.82, 2.24) is 10.6 Å². The highest BCUT2D eigenvalue weighted by Gasteiger charge is 2.39. The van der Waals surface area contributed by atoms with Gasteiger partial charge in [0.2, 0.25) is 5.91 Å². The number of carboxylic acids is 1. The molecule has 2 rings (SSSR count). The molecule has 0 spiro atoms. The number of nitrogens with one attached hydrogen (secondary N) is 2. The molecular weight excluding hydrogens is 496 g/mol. The zero-order valence-electron chi connectivity index (χ0n) is 21.3. The predicted octanol–water partition coefficient (Wildman–Crippen LogP) is 2.23. The van der Waals surface area contributed by atoms with Crippen molar-refractivity contribution >= 4 is 29.9 Å². The number of aliphatic carboxylic acids is 1. The molecule has 0 heterocycles. The summed E-state index contributed by atoms with van der Waals surface area (Å²) in [6.45, 7) is 2.99. The number of benzene rings is 2. The topological polar surface area (TPSA) is 157 Å². The predicted molar refractivity (Wildman–Crippen MR) is 135 cm³/mol. The van der Waals surface area contributed by atoms with Crippen molar-refractivity contribution in [2.75, 3.05) is 13.2 Å². The Morgan fingerprint density at radius 2 is 1.37 bits per heavy atom. The molecule has 38 heavy (non-hydrogen) atoms. The second-order valence-corrected chi connectivity index (χ2v) is 8.14. The van der Waals surface area contributed by atoms with Gasteiger partial charge in [0, 0.05) is 6.42 Å². The summed E-state index contributed by atoms with van der Waals surface area (Å²) < 4.78 is 15.0. The van der Waals surface area contributed by atoms with Crippen molar-refractivity contribution in [2.45, 2.75) is 45.4 Å². The van der Waals surface area contributed by atoms with Crippen LogP contribution in [0.4, 0.5) is 4.79 Å². The Morgan fingerprint density at radius 1 is 0.789 bits per heavy atom. The highest BCUT2D eigenvalue weighted by molar-refractivity contribution is 5.93. The molecule has 0 bridgehead atoms. The lowest BCUT2D eigenvalue weighted by molar-refractivity contribution is -0.160. The smallest absolute Gasteiger partial charge is 0.408 e. The summed E-state index contributed by atoms with van der Waals surface area (Å²) in [5.74, 6) is -5.82. The van der Waals surface area contributed by atoms with Crippen LogP contribution in [-0.4, -0.2) is 60.3 Å². The Balaban J connectivity index is 2.23. The van der Waals surface area contributed by atoms with E-state index in [2.05, 4.69) is 10.6 Å². The van der Waals surface area contributed by atoms with Crippen LogP contribution in [0.15, 0.2) is 60.7 Å². The van der Waals surface area contributed by atoms with Gasteiger partial charge in [-0.3, -0.25) is 14.4 Å². The molecule has 0 unspecified atom stereocenters.